The lowest BCUT2D eigenvalue weighted by molar-refractivity contribution is -0.115. The Labute approximate surface area is 185 Å². The van der Waals surface area contributed by atoms with Gasteiger partial charge in [0, 0.05) is 44.2 Å². The van der Waals surface area contributed by atoms with Crippen molar-refractivity contribution in [1.29, 1.82) is 0 Å². The smallest absolute Gasteiger partial charge is 0.228 e. The lowest BCUT2D eigenvalue weighted by Crippen LogP contribution is -2.54. The van der Waals surface area contributed by atoms with Crippen LogP contribution in [0, 0.1) is 11.7 Å². The van der Waals surface area contributed by atoms with Crippen LogP contribution in [0.5, 0.6) is 11.5 Å². The van der Waals surface area contributed by atoms with Crippen LogP contribution in [0.25, 0.3) is 10.9 Å². The molecule has 0 radical (unpaired) electrons. The molecular formula is C22H28FN5O4. The van der Waals surface area contributed by atoms with Crippen LogP contribution in [-0.2, 0) is 9.53 Å². The van der Waals surface area contributed by atoms with Crippen LogP contribution in [-0.4, -0.2) is 74.3 Å². The topological polar surface area (TPSA) is 103 Å². The standard InChI is InChI=1S/C22H28FN5O4/c1-30-12-14-11-27(7-6-16(29)13-4-5-13)8-9-28(14)22-25-19-15(21(24)26-22)10-17(31-2)20(32-3)18(19)23/h6-7,10,13-14H,4-5,8-9,11-12H2,1-3H3,(H2,24,25,26)/b7-6+/t14-/m1/s1. The summed E-state index contributed by atoms with van der Waals surface area (Å²) < 4.78 is 30.9. The Kier molecular flexibility index (Phi) is 6.31. The van der Waals surface area contributed by atoms with Crippen molar-refractivity contribution in [3.05, 3.63) is 24.2 Å². The van der Waals surface area contributed by atoms with Crippen molar-refractivity contribution in [2.45, 2.75) is 18.9 Å². The van der Waals surface area contributed by atoms with Crippen molar-refractivity contribution in [3.8, 4) is 11.5 Å². The maximum Gasteiger partial charge on any atom is 0.228 e. The highest BCUT2D eigenvalue weighted by atomic mass is 19.1. The molecule has 2 fully saturated rings. The molecule has 1 aliphatic heterocycles. The molecule has 4 rings (SSSR count). The first kappa shape index (κ1) is 22.1. The first-order valence-electron chi connectivity index (χ1n) is 10.6. The Balaban J connectivity index is 1.63. The number of nitrogens with zero attached hydrogens (tertiary/aromatic N) is 4. The molecule has 0 amide bonds. The van der Waals surface area contributed by atoms with E-state index in [1.165, 1.54) is 14.2 Å². The summed E-state index contributed by atoms with van der Waals surface area (Å²) in [6.07, 6.45) is 5.48. The van der Waals surface area contributed by atoms with Crippen molar-refractivity contribution in [3.63, 3.8) is 0 Å². The molecule has 1 saturated carbocycles. The molecule has 1 aliphatic carbocycles. The van der Waals surface area contributed by atoms with Crippen molar-refractivity contribution < 1.29 is 23.4 Å². The van der Waals surface area contributed by atoms with E-state index in [4.69, 9.17) is 19.9 Å². The number of anilines is 2. The fourth-order valence-corrected chi connectivity index (χ4v) is 3.96. The van der Waals surface area contributed by atoms with Crippen molar-refractivity contribution in [2.24, 2.45) is 5.92 Å². The molecule has 10 heteroatoms. The summed E-state index contributed by atoms with van der Waals surface area (Å²) >= 11 is 0. The lowest BCUT2D eigenvalue weighted by atomic mass is 10.1. The molecule has 0 bridgehead atoms. The van der Waals surface area contributed by atoms with E-state index in [9.17, 15) is 4.79 Å². The Morgan fingerprint density at radius 3 is 2.69 bits per heavy atom. The average Bonchev–Trinajstić information content (AvgIpc) is 3.63. The van der Waals surface area contributed by atoms with Crippen molar-refractivity contribution in [2.75, 3.05) is 58.2 Å². The van der Waals surface area contributed by atoms with E-state index >= 15 is 4.39 Å². The summed E-state index contributed by atoms with van der Waals surface area (Å²) in [5.74, 6) is 0.384. The number of ether oxygens (including phenoxy) is 3. The fourth-order valence-electron chi connectivity index (χ4n) is 3.96. The minimum Gasteiger partial charge on any atom is -0.493 e. The van der Waals surface area contributed by atoms with Crippen LogP contribution in [0.3, 0.4) is 0 Å². The third-order valence-electron chi connectivity index (χ3n) is 5.85. The maximum absolute atomic E-state index is 15.2. The molecule has 2 aliphatic rings. The third-order valence-corrected chi connectivity index (χ3v) is 5.85. The zero-order chi connectivity index (χ0) is 22.8. The van der Waals surface area contributed by atoms with Crippen LogP contribution >= 0.6 is 0 Å². The Morgan fingerprint density at radius 1 is 1.25 bits per heavy atom. The van der Waals surface area contributed by atoms with E-state index in [-0.39, 0.29) is 40.6 Å². The Hall–Kier alpha value is -3.14. The second-order valence-corrected chi connectivity index (χ2v) is 8.02. The molecule has 0 unspecified atom stereocenters. The molecule has 32 heavy (non-hydrogen) atoms. The molecular weight excluding hydrogens is 417 g/mol. The molecule has 2 aromatic rings. The highest BCUT2D eigenvalue weighted by Gasteiger charge is 2.31. The van der Waals surface area contributed by atoms with Gasteiger partial charge in [-0.15, -0.1) is 0 Å². The number of halogens is 1. The van der Waals surface area contributed by atoms with Gasteiger partial charge in [0.15, 0.2) is 23.1 Å². The number of allylic oxidation sites excluding steroid dienone is 1. The second kappa shape index (κ2) is 9.15. The van der Waals surface area contributed by atoms with Crippen molar-refractivity contribution in [1.82, 2.24) is 14.9 Å². The van der Waals surface area contributed by atoms with Crippen molar-refractivity contribution >= 4 is 28.5 Å². The molecule has 0 spiro atoms. The summed E-state index contributed by atoms with van der Waals surface area (Å²) in [5, 5.41) is 0.354. The van der Waals surface area contributed by atoms with E-state index < -0.39 is 5.82 Å². The van der Waals surface area contributed by atoms with Gasteiger partial charge in [0.05, 0.1) is 26.9 Å². The number of hydrogen-bond donors (Lipinski definition) is 1. The summed E-state index contributed by atoms with van der Waals surface area (Å²) in [4.78, 5) is 25.0. The summed E-state index contributed by atoms with van der Waals surface area (Å²) in [6, 6.07) is 1.47. The number of carbonyl (C=O) groups is 1. The van der Waals surface area contributed by atoms with Crippen LogP contribution in [0.4, 0.5) is 16.2 Å². The fraction of sp³-hybridized carbons (Fsp3) is 0.500. The number of hydrogen-bond acceptors (Lipinski definition) is 9. The number of aromatic nitrogens is 2. The first-order chi connectivity index (χ1) is 15.5. The molecule has 1 aromatic heterocycles. The highest BCUT2D eigenvalue weighted by Crippen LogP contribution is 2.38. The van der Waals surface area contributed by atoms with Gasteiger partial charge in [-0.2, -0.15) is 4.98 Å². The first-order valence-corrected chi connectivity index (χ1v) is 10.6. The molecule has 2 N–H and O–H groups in total. The van der Waals surface area contributed by atoms with E-state index in [1.54, 1.807) is 19.3 Å². The van der Waals surface area contributed by atoms with Crippen LogP contribution < -0.4 is 20.1 Å². The number of piperazine rings is 1. The molecule has 1 saturated heterocycles. The maximum atomic E-state index is 15.2. The number of rotatable bonds is 8. The normalized spacial score (nSPS) is 19.1. The van der Waals surface area contributed by atoms with Gasteiger partial charge in [-0.3, -0.25) is 4.79 Å². The second-order valence-electron chi connectivity index (χ2n) is 8.02. The Morgan fingerprint density at radius 2 is 2.03 bits per heavy atom. The van der Waals surface area contributed by atoms with Gasteiger partial charge in [-0.1, -0.05) is 0 Å². The number of ketones is 1. The van der Waals surface area contributed by atoms with E-state index in [2.05, 4.69) is 14.9 Å². The predicted octanol–water partition coefficient (Wildman–Crippen LogP) is 2.00. The molecule has 9 nitrogen and oxygen atoms in total. The van der Waals surface area contributed by atoms with E-state index in [0.717, 1.165) is 12.8 Å². The van der Waals surface area contributed by atoms with Crippen LogP contribution in [0.2, 0.25) is 0 Å². The van der Waals surface area contributed by atoms with E-state index in [1.807, 2.05) is 11.1 Å². The largest absolute Gasteiger partial charge is 0.493 e. The van der Waals surface area contributed by atoms with Gasteiger partial charge >= 0.3 is 0 Å². The zero-order valence-electron chi connectivity index (χ0n) is 18.5. The number of benzene rings is 1. The monoisotopic (exact) mass is 445 g/mol. The third kappa shape index (κ3) is 4.27. The van der Waals surface area contributed by atoms with E-state index in [0.29, 0.717) is 37.6 Å². The summed E-state index contributed by atoms with van der Waals surface area (Å²) in [5.41, 5.74) is 6.25. The molecule has 1 atom stereocenters. The van der Waals surface area contributed by atoms with Gasteiger partial charge in [0.1, 0.15) is 11.3 Å². The van der Waals surface area contributed by atoms with Gasteiger partial charge in [0.2, 0.25) is 5.95 Å². The SMILES string of the molecule is COC[C@H]1CN(/C=C/C(=O)C2CC2)CCN1c1nc(N)c2cc(OC)c(OC)c(F)c2n1. The molecule has 2 heterocycles. The lowest BCUT2D eigenvalue weighted by Gasteiger charge is -2.40. The minimum absolute atomic E-state index is 0.0345. The molecule has 1 aromatic carbocycles. The summed E-state index contributed by atoms with van der Waals surface area (Å²) in [6.45, 7) is 2.24. The number of carbonyl (C=O) groups excluding carboxylic acids is 1. The average molecular weight is 445 g/mol. The number of nitrogens with two attached hydrogens (primary N) is 1. The van der Waals surface area contributed by atoms with Gasteiger partial charge in [-0.25, -0.2) is 9.37 Å². The quantitative estimate of drug-likeness (QED) is 0.611. The summed E-state index contributed by atoms with van der Waals surface area (Å²) in [7, 11) is 4.42. The number of methoxy groups -OCH3 is 3. The highest BCUT2D eigenvalue weighted by molar-refractivity contribution is 5.93. The Bertz CT molecular complexity index is 1040. The zero-order valence-corrected chi connectivity index (χ0v) is 18.5. The van der Waals surface area contributed by atoms with Crippen LogP contribution in [0.1, 0.15) is 12.8 Å². The number of fused-ring (bicyclic) bond motifs is 1. The van der Waals surface area contributed by atoms with Gasteiger partial charge < -0.3 is 29.7 Å². The van der Waals surface area contributed by atoms with Gasteiger partial charge in [0.25, 0.3) is 0 Å². The predicted molar refractivity (Wildman–Crippen MR) is 118 cm³/mol. The number of nitrogen functional groups attached to an aromatic ring is 1. The molecule has 172 valence electrons. The minimum atomic E-state index is -0.652. The van der Waals surface area contributed by atoms with Gasteiger partial charge in [-0.05, 0) is 25.0 Å². The van der Waals surface area contributed by atoms with Crippen LogP contribution in [0.15, 0.2) is 18.3 Å².